The predicted octanol–water partition coefficient (Wildman–Crippen LogP) is 5.97. The molecule has 0 fully saturated rings. The van der Waals surface area contributed by atoms with E-state index in [1.165, 1.54) is 77.0 Å². The molecule has 0 atom stereocenters. The van der Waals surface area contributed by atoms with E-state index in [0.717, 1.165) is 26.1 Å². The van der Waals surface area contributed by atoms with Gasteiger partial charge in [0.2, 0.25) is 5.91 Å². The summed E-state index contributed by atoms with van der Waals surface area (Å²) in [5, 5.41) is 3.27. The Morgan fingerprint density at radius 3 is 2.23 bits per heavy atom. The number of hydrogen-bond donors (Lipinski definition) is 1. The van der Waals surface area contributed by atoms with Crippen LogP contribution >= 0.6 is 0 Å². The largest absolute Gasteiger partial charge is 0.318 e. The van der Waals surface area contributed by atoms with Gasteiger partial charge in [0.15, 0.2) is 0 Å². The number of allylic oxidation sites excluding steroid dienone is 2. The Morgan fingerprint density at radius 2 is 1.54 bits per heavy atom. The summed E-state index contributed by atoms with van der Waals surface area (Å²) < 4.78 is 0. The number of rotatable bonds is 15. The van der Waals surface area contributed by atoms with Gasteiger partial charge >= 0.3 is 0 Å². The van der Waals surface area contributed by atoms with Gasteiger partial charge in [0.05, 0.1) is 0 Å². The van der Waals surface area contributed by atoms with Crippen molar-refractivity contribution in [1.29, 1.82) is 0 Å². The normalized spacial score (nSPS) is 14.9. The Bertz CT molecular complexity index is 390. The van der Waals surface area contributed by atoms with Crippen LogP contribution in [-0.2, 0) is 4.79 Å². The molecule has 26 heavy (non-hydrogen) atoms. The third-order valence-corrected chi connectivity index (χ3v) is 5.05. The lowest BCUT2D eigenvalue weighted by Gasteiger charge is -2.16. The third-order valence-electron chi connectivity index (χ3n) is 5.05. The molecule has 0 radical (unpaired) electrons. The van der Waals surface area contributed by atoms with Crippen LogP contribution in [0.25, 0.3) is 0 Å². The van der Waals surface area contributed by atoms with Gasteiger partial charge in [-0.25, -0.2) is 0 Å². The maximum atomic E-state index is 12.1. The highest BCUT2D eigenvalue weighted by molar-refractivity contribution is 5.77. The Labute approximate surface area is 162 Å². The fourth-order valence-electron chi connectivity index (χ4n) is 3.34. The van der Waals surface area contributed by atoms with Crippen molar-refractivity contribution in [1.82, 2.24) is 10.2 Å². The number of unbranched alkanes of at least 4 members (excludes halogenated alkanes) is 11. The minimum Gasteiger partial charge on any atom is -0.318 e. The Kier molecular flexibility index (Phi) is 15.3. The average Bonchev–Trinajstić information content (AvgIpc) is 2.94. The number of amides is 1. The van der Waals surface area contributed by atoms with Gasteiger partial charge in [0, 0.05) is 32.3 Å². The van der Waals surface area contributed by atoms with Gasteiger partial charge in [-0.15, -0.1) is 0 Å². The summed E-state index contributed by atoms with van der Waals surface area (Å²) in [6, 6.07) is 0. The van der Waals surface area contributed by atoms with Crippen molar-refractivity contribution in [3.8, 4) is 0 Å². The quantitative estimate of drug-likeness (QED) is 0.287. The first-order chi connectivity index (χ1) is 12.8. The molecule has 0 spiro atoms. The summed E-state index contributed by atoms with van der Waals surface area (Å²) in [4.78, 5) is 14.0. The second kappa shape index (κ2) is 17.3. The molecule has 0 bridgehead atoms. The second-order valence-corrected chi connectivity index (χ2v) is 7.51. The maximum Gasteiger partial charge on any atom is 0.226 e. The van der Waals surface area contributed by atoms with Crippen LogP contribution in [0.1, 0.15) is 96.8 Å². The van der Waals surface area contributed by atoms with Crippen LogP contribution in [-0.4, -0.2) is 30.4 Å². The lowest BCUT2D eigenvalue weighted by Crippen LogP contribution is -2.30. The first-order valence-electron chi connectivity index (χ1n) is 11.2. The monoisotopic (exact) mass is 362 g/mol. The van der Waals surface area contributed by atoms with Crippen LogP contribution in [0.5, 0.6) is 0 Å². The minimum atomic E-state index is 0.280. The molecule has 1 rings (SSSR count). The van der Waals surface area contributed by atoms with Crippen molar-refractivity contribution in [2.45, 2.75) is 96.8 Å². The molecule has 0 aromatic carbocycles. The first kappa shape index (κ1) is 23.0. The van der Waals surface area contributed by atoms with E-state index in [1.807, 2.05) is 17.2 Å². The number of carbonyl (C=O) groups excluding carboxylic acids is 1. The van der Waals surface area contributed by atoms with E-state index in [-0.39, 0.29) is 5.91 Å². The van der Waals surface area contributed by atoms with E-state index in [9.17, 15) is 4.79 Å². The van der Waals surface area contributed by atoms with Crippen molar-refractivity contribution < 1.29 is 4.79 Å². The fraction of sp³-hybridized carbons (Fsp3) is 0.783. The number of hydrogen-bond acceptors (Lipinski definition) is 2. The molecule has 0 aromatic heterocycles. The van der Waals surface area contributed by atoms with Crippen LogP contribution < -0.4 is 5.32 Å². The zero-order chi connectivity index (χ0) is 18.7. The Hall–Kier alpha value is -1.09. The molecule has 1 aliphatic heterocycles. The molecule has 0 aromatic rings. The van der Waals surface area contributed by atoms with E-state index in [1.54, 1.807) is 0 Å². The van der Waals surface area contributed by atoms with Crippen molar-refractivity contribution >= 4 is 5.91 Å². The molecule has 0 saturated carbocycles. The van der Waals surface area contributed by atoms with Gasteiger partial charge in [-0.3, -0.25) is 4.79 Å². The molecule has 1 aliphatic rings. The summed E-state index contributed by atoms with van der Waals surface area (Å²) in [6.07, 6.45) is 26.3. The van der Waals surface area contributed by atoms with Gasteiger partial charge in [-0.1, -0.05) is 76.5 Å². The number of nitrogens with zero attached hydrogens (tertiary/aromatic N) is 1. The van der Waals surface area contributed by atoms with E-state index in [0.29, 0.717) is 6.42 Å². The van der Waals surface area contributed by atoms with Crippen molar-refractivity contribution in [3.05, 3.63) is 24.4 Å². The van der Waals surface area contributed by atoms with Crippen molar-refractivity contribution in [2.75, 3.05) is 19.6 Å². The highest BCUT2D eigenvalue weighted by atomic mass is 16.2. The predicted molar refractivity (Wildman–Crippen MR) is 113 cm³/mol. The highest BCUT2D eigenvalue weighted by Gasteiger charge is 2.11. The molecule has 1 N–H and O–H groups in total. The van der Waals surface area contributed by atoms with Crippen LogP contribution in [0.3, 0.4) is 0 Å². The van der Waals surface area contributed by atoms with Gasteiger partial charge in [0.25, 0.3) is 0 Å². The molecule has 3 nitrogen and oxygen atoms in total. The van der Waals surface area contributed by atoms with Gasteiger partial charge in [-0.05, 0) is 32.1 Å². The molecule has 3 heteroatoms. The first-order valence-corrected chi connectivity index (χ1v) is 11.2. The zero-order valence-corrected chi connectivity index (χ0v) is 17.2. The summed E-state index contributed by atoms with van der Waals surface area (Å²) >= 11 is 0. The van der Waals surface area contributed by atoms with Crippen LogP contribution in [0.4, 0.5) is 0 Å². The summed E-state index contributed by atoms with van der Waals surface area (Å²) in [6.45, 7) is 4.84. The van der Waals surface area contributed by atoms with E-state index >= 15 is 0 Å². The van der Waals surface area contributed by atoms with Crippen LogP contribution in [0, 0.1) is 0 Å². The fourth-order valence-corrected chi connectivity index (χ4v) is 3.34. The lowest BCUT2D eigenvalue weighted by molar-refractivity contribution is -0.128. The maximum absolute atomic E-state index is 12.1. The topological polar surface area (TPSA) is 32.3 Å². The van der Waals surface area contributed by atoms with Crippen molar-refractivity contribution in [3.63, 3.8) is 0 Å². The second-order valence-electron chi connectivity index (χ2n) is 7.51. The van der Waals surface area contributed by atoms with Gasteiger partial charge < -0.3 is 10.2 Å². The van der Waals surface area contributed by atoms with E-state index in [2.05, 4.69) is 24.4 Å². The molecule has 1 amide bonds. The Balaban J connectivity index is 1.84. The van der Waals surface area contributed by atoms with Crippen LogP contribution in [0.15, 0.2) is 24.4 Å². The molecule has 0 unspecified atom stereocenters. The van der Waals surface area contributed by atoms with Gasteiger partial charge in [-0.2, -0.15) is 0 Å². The summed E-state index contributed by atoms with van der Waals surface area (Å²) in [7, 11) is 0. The Morgan fingerprint density at radius 1 is 0.923 bits per heavy atom. The van der Waals surface area contributed by atoms with Crippen molar-refractivity contribution in [2.24, 2.45) is 0 Å². The molecule has 150 valence electrons. The van der Waals surface area contributed by atoms with E-state index in [4.69, 9.17) is 0 Å². The summed E-state index contributed by atoms with van der Waals surface area (Å²) in [5.41, 5.74) is 0. The number of carbonyl (C=O) groups is 1. The molecule has 1 heterocycles. The lowest BCUT2D eigenvalue weighted by atomic mass is 10.1. The SMILES string of the molecule is CCCCCCCC/C=C\CCCCCCCC(=O)N1C=CCNCC1. The standard InChI is InChI=1S/C23H42N2O/c1-2-3-4-5-6-7-8-9-10-11-12-13-14-15-16-18-23(26)25-21-17-19-24-20-22-25/h9-10,17,21,24H,2-8,11-16,18-20,22H2,1H3/b10-9-. The molecule has 0 aliphatic carbocycles. The average molecular weight is 363 g/mol. The number of nitrogens with one attached hydrogen (secondary N) is 1. The van der Waals surface area contributed by atoms with E-state index < -0.39 is 0 Å². The van der Waals surface area contributed by atoms with Crippen LogP contribution in [0.2, 0.25) is 0 Å². The smallest absolute Gasteiger partial charge is 0.226 e. The molecular weight excluding hydrogens is 320 g/mol. The molecular formula is C23H42N2O. The third kappa shape index (κ3) is 13.2. The highest BCUT2D eigenvalue weighted by Crippen LogP contribution is 2.11. The zero-order valence-electron chi connectivity index (χ0n) is 17.2. The summed E-state index contributed by atoms with van der Waals surface area (Å²) in [5.74, 6) is 0.280. The minimum absolute atomic E-state index is 0.280. The van der Waals surface area contributed by atoms with Gasteiger partial charge in [0.1, 0.15) is 0 Å². The molecule has 0 saturated heterocycles.